The molecular formula is C21H24N6. The summed E-state index contributed by atoms with van der Waals surface area (Å²) in [6.45, 7) is 4.40. The molecule has 2 heterocycles. The molecule has 1 aliphatic rings. The average molecular weight is 360 g/mol. The number of nitrogens with zero attached hydrogens (tertiary/aromatic N) is 5. The Morgan fingerprint density at radius 1 is 0.963 bits per heavy atom. The molecule has 1 atom stereocenters. The quantitative estimate of drug-likeness (QED) is 0.704. The van der Waals surface area contributed by atoms with Crippen LogP contribution in [0.4, 0.5) is 11.6 Å². The van der Waals surface area contributed by atoms with Crippen molar-refractivity contribution in [3.8, 4) is 0 Å². The lowest BCUT2D eigenvalue weighted by Gasteiger charge is -2.33. The number of tetrazole rings is 1. The molecule has 27 heavy (non-hydrogen) atoms. The minimum atomic E-state index is 0.111. The van der Waals surface area contributed by atoms with Gasteiger partial charge < -0.3 is 4.90 Å². The Labute approximate surface area is 159 Å². The van der Waals surface area contributed by atoms with Crippen LogP contribution in [0.1, 0.15) is 38.7 Å². The Morgan fingerprint density at radius 3 is 2.30 bits per heavy atom. The van der Waals surface area contributed by atoms with Crippen molar-refractivity contribution in [2.24, 2.45) is 0 Å². The highest BCUT2D eigenvalue weighted by Crippen LogP contribution is 2.42. The van der Waals surface area contributed by atoms with Crippen LogP contribution >= 0.6 is 0 Å². The van der Waals surface area contributed by atoms with Gasteiger partial charge in [0.15, 0.2) is 0 Å². The van der Waals surface area contributed by atoms with E-state index >= 15 is 0 Å². The fraction of sp³-hybridized carbons (Fsp3) is 0.286. The lowest BCUT2D eigenvalue weighted by atomic mass is 10.1. The molecule has 1 aromatic heterocycles. The Kier molecular flexibility index (Phi) is 4.87. The molecule has 1 aliphatic heterocycles. The molecule has 138 valence electrons. The second-order valence-corrected chi connectivity index (χ2v) is 6.71. The number of allylic oxidation sites excluding steroid dienone is 1. The van der Waals surface area contributed by atoms with Crippen molar-refractivity contribution in [2.75, 3.05) is 9.80 Å². The number of hydrogen-bond acceptors (Lipinski definition) is 5. The summed E-state index contributed by atoms with van der Waals surface area (Å²) in [5.41, 5.74) is 4.65. The van der Waals surface area contributed by atoms with Gasteiger partial charge in [0.2, 0.25) is 0 Å². The summed E-state index contributed by atoms with van der Waals surface area (Å²) < 4.78 is 0. The fourth-order valence-corrected chi connectivity index (χ4v) is 3.81. The first-order chi connectivity index (χ1) is 13.3. The van der Waals surface area contributed by atoms with Gasteiger partial charge in [0.05, 0.1) is 5.70 Å². The second kappa shape index (κ2) is 7.61. The van der Waals surface area contributed by atoms with Crippen molar-refractivity contribution in [2.45, 2.75) is 39.3 Å². The molecule has 0 spiro atoms. The molecule has 0 radical (unpaired) electrons. The molecule has 3 aromatic rings. The first-order valence-electron chi connectivity index (χ1n) is 9.44. The summed E-state index contributed by atoms with van der Waals surface area (Å²) in [5.74, 6) is 0.604. The highest BCUT2D eigenvalue weighted by Gasteiger charge is 2.39. The number of H-pyrrole nitrogens is 1. The van der Waals surface area contributed by atoms with E-state index in [0.29, 0.717) is 5.95 Å². The maximum Gasteiger partial charge on any atom is 0.271 e. The van der Waals surface area contributed by atoms with E-state index in [0.717, 1.165) is 30.5 Å². The largest absolute Gasteiger partial charge is 0.322 e. The first-order valence-corrected chi connectivity index (χ1v) is 9.44. The van der Waals surface area contributed by atoms with E-state index in [1.165, 1.54) is 11.4 Å². The van der Waals surface area contributed by atoms with E-state index in [1.807, 2.05) is 6.07 Å². The number of nitrogens with one attached hydrogen (secondary N) is 1. The lowest BCUT2D eigenvalue weighted by molar-refractivity contribution is 0.574. The fourth-order valence-electron chi connectivity index (χ4n) is 3.81. The van der Waals surface area contributed by atoms with E-state index in [4.69, 9.17) is 0 Å². The zero-order valence-electron chi connectivity index (χ0n) is 15.7. The van der Waals surface area contributed by atoms with Gasteiger partial charge in [-0.25, -0.2) is 0 Å². The highest BCUT2D eigenvalue weighted by atomic mass is 15.6. The van der Waals surface area contributed by atoms with Gasteiger partial charge in [-0.2, -0.15) is 5.21 Å². The number of hydrogen-bond donors (Lipinski definition) is 1. The number of rotatable bonds is 6. The number of aromatic amines is 1. The van der Waals surface area contributed by atoms with Crippen LogP contribution in [0.3, 0.4) is 0 Å². The van der Waals surface area contributed by atoms with Crippen molar-refractivity contribution in [3.63, 3.8) is 0 Å². The van der Waals surface area contributed by atoms with Gasteiger partial charge in [-0.1, -0.05) is 67.0 Å². The van der Waals surface area contributed by atoms with Crippen LogP contribution in [0, 0.1) is 0 Å². The van der Waals surface area contributed by atoms with E-state index in [1.54, 1.807) is 0 Å². The van der Waals surface area contributed by atoms with Crippen molar-refractivity contribution >= 4 is 17.3 Å². The molecule has 0 fully saturated rings. The molecule has 0 saturated carbocycles. The van der Waals surface area contributed by atoms with Crippen LogP contribution in [-0.4, -0.2) is 26.8 Å². The maximum absolute atomic E-state index is 4.31. The summed E-state index contributed by atoms with van der Waals surface area (Å²) in [6.07, 6.45) is 3.38. The molecule has 2 aromatic carbocycles. The van der Waals surface area contributed by atoms with Crippen LogP contribution in [-0.2, 0) is 0 Å². The molecule has 0 amide bonds. The number of benzene rings is 2. The van der Waals surface area contributed by atoms with Gasteiger partial charge in [-0.15, -0.1) is 5.10 Å². The summed E-state index contributed by atoms with van der Waals surface area (Å²) in [7, 11) is 0. The number of anilines is 2. The topological polar surface area (TPSA) is 60.9 Å². The van der Waals surface area contributed by atoms with Crippen molar-refractivity contribution in [3.05, 3.63) is 71.9 Å². The van der Waals surface area contributed by atoms with Gasteiger partial charge in [-0.05, 0) is 37.1 Å². The number of para-hydroxylation sites is 1. The number of unbranched alkanes of at least 4 members (excludes halogenated alkanes) is 1. The van der Waals surface area contributed by atoms with Crippen molar-refractivity contribution in [1.82, 2.24) is 20.6 Å². The minimum absolute atomic E-state index is 0.111. The third kappa shape index (κ3) is 3.18. The summed E-state index contributed by atoms with van der Waals surface area (Å²) >= 11 is 0. The average Bonchev–Trinajstić information content (AvgIpc) is 3.33. The monoisotopic (exact) mass is 360 g/mol. The van der Waals surface area contributed by atoms with Crippen LogP contribution < -0.4 is 9.80 Å². The van der Waals surface area contributed by atoms with Crippen molar-refractivity contribution < 1.29 is 0 Å². The van der Waals surface area contributed by atoms with E-state index in [9.17, 15) is 0 Å². The van der Waals surface area contributed by atoms with Gasteiger partial charge in [0, 0.05) is 16.9 Å². The second-order valence-electron chi connectivity index (χ2n) is 6.71. The summed E-state index contributed by atoms with van der Waals surface area (Å²) in [4.78, 5) is 4.62. The molecule has 4 rings (SSSR count). The third-order valence-corrected chi connectivity index (χ3v) is 4.99. The predicted octanol–water partition coefficient (Wildman–Crippen LogP) is 4.43. The van der Waals surface area contributed by atoms with Crippen LogP contribution in [0.5, 0.6) is 0 Å². The molecule has 6 heteroatoms. The highest BCUT2D eigenvalue weighted by molar-refractivity contribution is 5.86. The lowest BCUT2D eigenvalue weighted by Crippen LogP contribution is -2.41. The van der Waals surface area contributed by atoms with Crippen LogP contribution in [0.25, 0.3) is 5.70 Å². The van der Waals surface area contributed by atoms with Gasteiger partial charge in [0.1, 0.15) is 6.17 Å². The Balaban J connectivity index is 1.88. The molecule has 1 N–H and O–H groups in total. The van der Waals surface area contributed by atoms with Gasteiger partial charge >= 0.3 is 0 Å². The smallest absolute Gasteiger partial charge is 0.271 e. The Hall–Kier alpha value is -3.15. The first kappa shape index (κ1) is 17.3. The standard InChI is InChI=1S/C21H24N6/c1-3-4-15-19-26(18-13-9-6-10-14-18)16(2)20(17-11-7-5-8-12-17)27(19)21-22-24-25-23-21/h5-14,19H,3-4,15H2,1-2H3,(H,22,23,24,25). The van der Waals surface area contributed by atoms with Crippen molar-refractivity contribution in [1.29, 1.82) is 0 Å². The summed E-state index contributed by atoms with van der Waals surface area (Å²) in [6, 6.07) is 21.0. The molecule has 1 unspecified atom stereocenters. The molecule has 0 aliphatic carbocycles. The molecule has 0 saturated heterocycles. The maximum atomic E-state index is 4.31. The summed E-state index contributed by atoms with van der Waals surface area (Å²) in [5, 5.41) is 15.1. The Bertz CT molecular complexity index is 889. The zero-order valence-corrected chi connectivity index (χ0v) is 15.7. The molecule has 6 nitrogen and oxygen atoms in total. The van der Waals surface area contributed by atoms with Crippen LogP contribution in [0.15, 0.2) is 66.4 Å². The van der Waals surface area contributed by atoms with E-state index in [2.05, 4.69) is 98.9 Å². The van der Waals surface area contributed by atoms with E-state index in [-0.39, 0.29) is 6.17 Å². The van der Waals surface area contributed by atoms with Crippen LogP contribution in [0.2, 0.25) is 0 Å². The van der Waals surface area contributed by atoms with E-state index < -0.39 is 0 Å². The third-order valence-electron chi connectivity index (χ3n) is 4.99. The normalized spacial score (nSPS) is 17.0. The van der Waals surface area contributed by atoms with Gasteiger partial charge in [0.25, 0.3) is 5.95 Å². The predicted molar refractivity (Wildman–Crippen MR) is 108 cm³/mol. The SMILES string of the molecule is CCCCC1N(c2ccccc2)C(C)=C(c2ccccc2)N1c1nn[nH]n1. The van der Waals surface area contributed by atoms with Gasteiger partial charge in [-0.3, -0.25) is 4.90 Å². The number of aromatic nitrogens is 4. The minimum Gasteiger partial charge on any atom is -0.322 e. The molecular weight excluding hydrogens is 336 g/mol. The zero-order chi connectivity index (χ0) is 18.6. The molecule has 0 bridgehead atoms. The Morgan fingerprint density at radius 2 is 1.67 bits per heavy atom.